The van der Waals surface area contributed by atoms with Crippen molar-refractivity contribution in [2.45, 2.75) is 44.2 Å². The molecule has 0 unspecified atom stereocenters. The number of nitrogens with one attached hydrogen (secondary N) is 1. The zero-order valence-corrected chi connectivity index (χ0v) is 15.3. The Labute approximate surface area is 150 Å². The number of nitrogens with zero attached hydrogens (tertiary/aromatic N) is 1. The van der Waals surface area contributed by atoms with Crippen molar-refractivity contribution in [1.82, 2.24) is 10.2 Å². The van der Waals surface area contributed by atoms with Crippen molar-refractivity contribution >= 4 is 5.97 Å². The van der Waals surface area contributed by atoms with E-state index >= 15 is 0 Å². The number of carbonyl (C=O) groups is 1. The standard InChI is InChI=1S/C20H30N2O3/c1-24-19(23)18-7-5-17(6-8-18)15-21-16-20(9-3-2-4-10-20)22-11-13-25-14-12-22/h5-8,21H,2-4,9-16H2,1H3. The van der Waals surface area contributed by atoms with Crippen molar-refractivity contribution in [2.75, 3.05) is 40.0 Å². The normalized spacial score (nSPS) is 21.0. The highest BCUT2D eigenvalue weighted by Gasteiger charge is 2.38. The fraction of sp³-hybridized carbons (Fsp3) is 0.650. The average molecular weight is 346 g/mol. The lowest BCUT2D eigenvalue weighted by atomic mass is 9.79. The smallest absolute Gasteiger partial charge is 0.337 e. The van der Waals surface area contributed by atoms with Crippen LogP contribution in [0.3, 0.4) is 0 Å². The van der Waals surface area contributed by atoms with Crippen LogP contribution >= 0.6 is 0 Å². The van der Waals surface area contributed by atoms with Gasteiger partial charge in [0, 0.05) is 31.7 Å². The van der Waals surface area contributed by atoms with Crippen LogP contribution in [-0.2, 0) is 16.0 Å². The van der Waals surface area contributed by atoms with Crippen molar-refractivity contribution in [1.29, 1.82) is 0 Å². The maximum absolute atomic E-state index is 11.5. The highest BCUT2D eigenvalue weighted by Crippen LogP contribution is 2.33. The van der Waals surface area contributed by atoms with Gasteiger partial charge in [-0.2, -0.15) is 0 Å². The summed E-state index contributed by atoms with van der Waals surface area (Å²) in [7, 11) is 1.41. The Kier molecular flexibility index (Phi) is 6.45. The second-order valence-electron chi connectivity index (χ2n) is 7.18. The zero-order valence-electron chi connectivity index (χ0n) is 15.3. The van der Waals surface area contributed by atoms with E-state index in [0.29, 0.717) is 5.56 Å². The second kappa shape index (κ2) is 8.79. The molecule has 138 valence electrons. The van der Waals surface area contributed by atoms with Crippen LogP contribution in [0, 0.1) is 0 Å². The third-order valence-electron chi connectivity index (χ3n) is 5.62. The summed E-state index contributed by atoms with van der Waals surface area (Å²) in [5.74, 6) is -0.284. The van der Waals surface area contributed by atoms with Gasteiger partial charge in [0.25, 0.3) is 0 Å². The topological polar surface area (TPSA) is 50.8 Å². The fourth-order valence-corrected chi connectivity index (χ4v) is 4.17. The Morgan fingerprint density at radius 1 is 1.16 bits per heavy atom. The summed E-state index contributed by atoms with van der Waals surface area (Å²) in [6.07, 6.45) is 6.57. The minimum atomic E-state index is -0.284. The highest BCUT2D eigenvalue weighted by molar-refractivity contribution is 5.89. The van der Waals surface area contributed by atoms with Gasteiger partial charge in [-0.25, -0.2) is 4.79 Å². The summed E-state index contributed by atoms with van der Waals surface area (Å²) in [5, 5.41) is 3.67. The molecule has 1 N–H and O–H groups in total. The summed E-state index contributed by atoms with van der Waals surface area (Å²) >= 11 is 0. The van der Waals surface area contributed by atoms with Crippen LogP contribution in [0.1, 0.15) is 48.0 Å². The first-order valence-electron chi connectivity index (χ1n) is 9.44. The van der Waals surface area contributed by atoms with Gasteiger partial charge < -0.3 is 14.8 Å². The van der Waals surface area contributed by atoms with E-state index in [1.165, 1.54) is 44.8 Å². The van der Waals surface area contributed by atoms with Gasteiger partial charge in [-0.15, -0.1) is 0 Å². The molecule has 1 saturated heterocycles. The van der Waals surface area contributed by atoms with E-state index in [0.717, 1.165) is 39.4 Å². The Morgan fingerprint density at radius 3 is 2.48 bits per heavy atom. The molecule has 1 aromatic carbocycles. The van der Waals surface area contributed by atoms with Crippen LogP contribution in [0.2, 0.25) is 0 Å². The van der Waals surface area contributed by atoms with Crippen molar-refractivity contribution in [2.24, 2.45) is 0 Å². The lowest BCUT2D eigenvalue weighted by Crippen LogP contribution is -2.59. The molecule has 1 aliphatic carbocycles. The first-order chi connectivity index (χ1) is 12.2. The monoisotopic (exact) mass is 346 g/mol. The number of carbonyl (C=O) groups excluding carboxylic acids is 1. The Balaban J connectivity index is 1.57. The molecule has 1 saturated carbocycles. The number of benzene rings is 1. The molecule has 1 heterocycles. The number of rotatable bonds is 6. The van der Waals surface area contributed by atoms with Crippen LogP contribution in [0.5, 0.6) is 0 Å². The average Bonchev–Trinajstić information content (AvgIpc) is 2.69. The van der Waals surface area contributed by atoms with Gasteiger partial charge in [-0.3, -0.25) is 4.90 Å². The maximum atomic E-state index is 11.5. The van der Waals surface area contributed by atoms with Crippen molar-refractivity contribution in [3.63, 3.8) is 0 Å². The molecule has 2 aliphatic rings. The van der Waals surface area contributed by atoms with Crippen LogP contribution in [-0.4, -0.2) is 56.4 Å². The third kappa shape index (κ3) is 4.60. The molecular formula is C20H30N2O3. The van der Waals surface area contributed by atoms with Crippen LogP contribution in [0.25, 0.3) is 0 Å². The molecule has 3 rings (SSSR count). The molecule has 0 aromatic heterocycles. The largest absolute Gasteiger partial charge is 0.465 e. The predicted octanol–water partition coefficient (Wildman–Crippen LogP) is 2.60. The molecule has 1 aliphatic heterocycles. The Hall–Kier alpha value is -1.43. The second-order valence-corrected chi connectivity index (χ2v) is 7.18. The maximum Gasteiger partial charge on any atom is 0.337 e. The molecule has 0 bridgehead atoms. The SMILES string of the molecule is COC(=O)c1ccc(CNCC2(N3CCOCC3)CCCCC2)cc1. The van der Waals surface area contributed by atoms with E-state index in [1.54, 1.807) is 0 Å². The molecule has 0 amide bonds. The van der Waals surface area contributed by atoms with E-state index in [4.69, 9.17) is 9.47 Å². The van der Waals surface area contributed by atoms with Gasteiger partial charge in [-0.1, -0.05) is 31.4 Å². The Bertz CT molecular complexity index is 547. The fourth-order valence-electron chi connectivity index (χ4n) is 4.17. The van der Waals surface area contributed by atoms with Gasteiger partial charge in [-0.05, 0) is 30.5 Å². The Morgan fingerprint density at radius 2 is 1.84 bits per heavy atom. The van der Waals surface area contributed by atoms with Crippen molar-refractivity contribution in [3.05, 3.63) is 35.4 Å². The first kappa shape index (κ1) is 18.4. The number of hydrogen-bond donors (Lipinski definition) is 1. The minimum absolute atomic E-state index is 0.284. The van der Waals surface area contributed by atoms with Gasteiger partial charge in [0.05, 0.1) is 25.9 Å². The number of methoxy groups -OCH3 is 1. The molecule has 0 spiro atoms. The summed E-state index contributed by atoms with van der Waals surface area (Å²) in [6, 6.07) is 7.67. The molecule has 1 aromatic rings. The highest BCUT2D eigenvalue weighted by atomic mass is 16.5. The summed E-state index contributed by atoms with van der Waals surface area (Å²) in [4.78, 5) is 14.2. The van der Waals surface area contributed by atoms with Crippen LogP contribution < -0.4 is 5.32 Å². The molecule has 0 radical (unpaired) electrons. The van der Waals surface area contributed by atoms with E-state index in [-0.39, 0.29) is 11.5 Å². The van der Waals surface area contributed by atoms with Crippen molar-refractivity contribution < 1.29 is 14.3 Å². The van der Waals surface area contributed by atoms with E-state index < -0.39 is 0 Å². The van der Waals surface area contributed by atoms with Gasteiger partial charge in [0.1, 0.15) is 0 Å². The molecule has 5 heteroatoms. The molecule has 5 nitrogen and oxygen atoms in total. The van der Waals surface area contributed by atoms with Crippen LogP contribution in [0.4, 0.5) is 0 Å². The van der Waals surface area contributed by atoms with Gasteiger partial charge in [0.15, 0.2) is 0 Å². The minimum Gasteiger partial charge on any atom is -0.465 e. The number of esters is 1. The number of morpholine rings is 1. The van der Waals surface area contributed by atoms with Crippen LogP contribution in [0.15, 0.2) is 24.3 Å². The lowest BCUT2D eigenvalue weighted by molar-refractivity contribution is -0.0369. The first-order valence-corrected chi connectivity index (χ1v) is 9.44. The van der Waals surface area contributed by atoms with Gasteiger partial charge >= 0.3 is 5.97 Å². The molecular weight excluding hydrogens is 316 g/mol. The number of ether oxygens (including phenoxy) is 2. The molecule has 2 fully saturated rings. The summed E-state index contributed by atoms with van der Waals surface area (Å²) < 4.78 is 10.3. The van der Waals surface area contributed by atoms with E-state index in [9.17, 15) is 4.79 Å². The quantitative estimate of drug-likeness (QED) is 0.803. The number of hydrogen-bond acceptors (Lipinski definition) is 5. The summed E-state index contributed by atoms with van der Waals surface area (Å²) in [6.45, 7) is 5.66. The van der Waals surface area contributed by atoms with Crippen molar-refractivity contribution in [3.8, 4) is 0 Å². The van der Waals surface area contributed by atoms with Gasteiger partial charge in [0.2, 0.25) is 0 Å². The predicted molar refractivity (Wildman–Crippen MR) is 97.7 cm³/mol. The lowest BCUT2D eigenvalue weighted by Gasteiger charge is -2.48. The van der Waals surface area contributed by atoms with E-state index in [1.807, 2.05) is 24.3 Å². The third-order valence-corrected chi connectivity index (χ3v) is 5.62. The zero-order chi connectivity index (χ0) is 17.5. The molecule has 25 heavy (non-hydrogen) atoms. The molecule has 0 atom stereocenters. The van der Waals surface area contributed by atoms with E-state index in [2.05, 4.69) is 10.2 Å². The summed E-state index contributed by atoms with van der Waals surface area (Å²) in [5.41, 5.74) is 2.08.